The second-order valence-corrected chi connectivity index (χ2v) is 16.9. The van der Waals surface area contributed by atoms with Gasteiger partial charge < -0.3 is 4.42 Å². The van der Waals surface area contributed by atoms with Gasteiger partial charge in [-0.3, -0.25) is 0 Å². The average Bonchev–Trinajstić information content (AvgIpc) is 3.85. The lowest BCUT2D eigenvalue weighted by Gasteiger charge is -2.21. The third-order valence-corrected chi connectivity index (χ3v) is 12.6. The Labute approximate surface area is 370 Å². The number of hydrogen-bond acceptors (Lipinski definition) is 6. The van der Waals surface area contributed by atoms with Crippen LogP contribution in [0.3, 0.4) is 0 Å². The minimum Gasteiger partial charge on any atom is -0.456 e. The van der Waals surface area contributed by atoms with E-state index in [1.54, 1.807) is 0 Å². The van der Waals surface area contributed by atoms with Crippen LogP contribution < -0.4 is 0 Å². The van der Waals surface area contributed by atoms with Crippen LogP contribution in [-0.2, 0) is 5.41 Å². The number of para-hydroxylation sites is 1. The van der Waals surface area contributed by atoms with Crippen molar-refractivity contribution in [1.82, 2.24) is 24.9 Å². The third-order valence-electron chi connectivity index (χ3n) is 12.6. The zero-order valence-electron chi connectivity index (χ0n) is 35.2. The average molecular weight is 822 g/mol. The molecule has 64 heavy (non-hydrogen) atoms. The highest BCUT2D eigenvalue weighted by Crippen LogP contribution is 2.49. The van der Waals surface area contributed by atoms with Crippen molar-refractivity contribution in [3.8, 4) is 90.3 Å². The van der Waals surface area contributed by atoms with Crippen molar-refractivity contribution in [1.29, 1.82) is 0 Å². The molecule has 0 fully saturated rings. The smallest absolute Gasteiger partial charge is 0.164 e. The monoisotopic (exact) mass is 821 g/mol. The fourth-order valence-corrected chi connectivity index (χ4v) is 9.23. The van der Waals surface area contributed by atoms with Crippen LogP contribution in [0, 0.1) is 0 Å². The number of rotatable bonds is 7. The first-order valence-electron chi connectivity index (χ1n) is 21.6. The quantitative estimate of drug-likeness (QED) is 0.159. The zero-order chi connectivity index (χ0) is 42.8. The molecule has 0 bridgehead atoms. The molecule has 302 valence electrons. The van der Waals surface area contributed by atoms with Crippen LogP contribution in [0.1, 0.15) is 25.0 Å². The number of aromatic nitrogens is 5. The summed E-state index contributed by atoms with van der Waals surface area (Å²) >= 11 is 0. The maximum atomic E-state index is 6.29. The summed E-state index contributed by atoms with van der Waals surface area (Å²) in [4.78, 5) is 25.6. The van der Waals surface area contributed by atoms with E-state index in [0.717, 1.165) is 77.8 Å². The summed E-state index contributed by atoms with van der Waals surface area (Å²) in [6.07, 6.45) is 0. The summed E-state index contributed by atoms with van der Waals surface area (Å²) in [6.45, 7) is 4.59. The summed E-state index contributed by atoms with van der Waals surface area (Å²) in [7, 11) is 0. The molecular formula is C58H39N5O. The van der Waals surface area contributed by atoms with Crippen molar-refractivity contribution in [2.75, 3.05) is 0 Å². The molecule has 6 heteroatoms. The zero-order valence-corrected chi connectivity index (χ0v) is 35.2. The van der Waals surface area contributed by atoms with E-state index < -0.39 is 0 Å². The minimum absolute atomic E-state index is 0.150. The lowest BCUT2D eigenvalue weighted by molar-refractivity contribution is 0.660. The van der Waals surface area contributed by atoms with Gasteiger partial charge in [-0.05, 0) is 75.8 Å². The Morgan fingerprint density at radius 2 is 0.797 bits per heavy atom. The predicted octanol–water partition coefficient (Wildman–Crippen LogP) is 14.5. The lowest BCUT2D eigenvalue weighted by Crippen LogP contribution is -2.15. The summed E-state index contributed by atoms with van der Waals surface area (Å²) in [5, 5.41) is 2.18. The molecule has 0 amide bonds. The van der Waals surface area contributed by atoms with Crippen LogP contribution in [0.25, 0.3) is 112 Å². The molecule has 12 rings (SSSR count). The van der Waals surface area contributed by atoms with Crippen LogP contribution in [0.2, 0.25) is 0 Å². The fraction of sp³-hybridized carbons (Fsp3) is 0.0517. The molecule has 1 aliphatic carbocycles. The van der Waals surface area contributed by atoms with Gasteiger partial charge >= 0.3 is 0 Å². The van der Waals surface area contributed by atoms with Crippen molar-refractivity contribution >= 4 is 21.9 Å². The molecule has 8 aromatic carbocycles. The van der Waals surface area contributed by atoms with Crippen LogP contribution in [-0.4, -0.2) is 24.9 Å². The molecule has 11 aromatic rings. The number of fused-ring (bicyclic) bond motifs is 6. The molecular weight excluding hydrogens is 783 g/mol. The summed E-state index contributed by atoms with van der Waals surface area (Å²) in [5.41, 5.74) is 16.1. The van der Waals surface area contributed by atoms with Gasteiger partial charge in [0.25, 0.3) is 0 Å². The highest BCUT2D eigenvalue weighted by atomic mass is 16.3. The molecule has 6 nitrogen and oxygen atoms in total. The van der Waals surface area contributed by atoms with Crippen LogP contribution >= 0.6 is 0 Å². The molecule has 0 unspecified atom stereocenters. The lowest BCUT2D eigenvalue weighted by atomic mass is 9.82. The second-order valence-electron chi connectivity index (χ2n) is 16.9. The standard InChI is InChI=1S/C58H39N5O/c1-58(2)48-25-11-9-23-44(48)45-29-28-43(33-49(45)58)57-62-55(37-17-7-4-8-18-37)61-56(63-57)42-22-14-20-39(32-42)38-19-13-21-40(31-38)50-35-51(60-54(59-50)36-15-5-3-6-16-36)41-27-30-47-46-24-10-12-26-52(46)64-53(47)34-41/h3-35H,1-2H3. The molecule has 0 atom stereocenters. The van der Waals surface area contributed by atoms with E-state index in [1.807, 2.05) is 78.9 Å². The van der Waals surface area contributed by atoms with Crippen LogP contribution in [0.4, 0.5) is 0 Å². The third kappa shape index (κ3) is 6.47. The topological polar surface area (TPSA) is 77.6 Å². The first-order valence-corrected chi connectivity index (χ1v) is 21.6. The molecule has 0 spiro atoms. The van der Waals surface area contributed by atoms with E-state index in [9.17, 15) is 0 Å². The maximum absolute atomic E-state index is 6.29. The number of furan rings is 1. The fourth-order valence-electron chi connectivity index (χ4n) is 9.23. The predicted molar refractivity (Wildman–Crippen MR) is 258 cm³/mol. The molecule has 1 aliphatic rings. The van der Waals surface area contributed by atoms with E-state index in [4.69, 9.17) is 29.3 Å². The molecule has 0 saturated heterocycles. The number of nitrogens with zero attached hydrogens (tertiary/aromatic N) is 5. The van der Waals surface area contributed by atoms with Gasteiger partial charge in [0.05, 0.1) is 11.4 Å². The van der Waals surface area contributed by atoms with Gasteiger partial charge in [-0.1, -0.05) is 172 Å². The molecule has 3 aromatic heterocycles. The van der Waals surface area contributed by atoms with E-state index in [2.05, 4.69) is 135 Å². The van der Waals surface area contributed by atoms with Gasteiger partial charge in [-0.15, -0.1) is 0 Å². The van der Waals surface area contributed by atoms with Crippen molar-refractivity contribution in [3.05, 3.63) is 211 Å². The molecule has 0 aliphatic heterocycles. The highest BCUT2D eigenvalue weighted by Gasteiger charge is 2.35. The van der Waals surface area contributed by atoms with Crippen LogP contribution in [0.5, 0.6) is 0 Å². The first kappa shape index (κ1) is 37.4. The largest absolute Gasteiger partial charge is 0.456 e. The Bertz CT molecular complexity index is 3590. The van der Waals surface area contributed by atoms with Gasteiger partial charge in [0.15, 0.2) is 23.3 Å². The molecule has 0 N–H and O–H groups in total. The SMILES string of the molecule is CC1(C)c2ccccc2-c2ccc(-c3nc(-c4ccccc4)nc(-c4cccc(-c5cccc(-c6cc(-c7ccc8c(c7)oc7ccccc78)nc(-c7ccccc7)n6)c5)c4)n3)cc21. The van der Waals surface area contributed by atoms with E-state index >= 15 is 0 Å². The summed E-state index contributed by atoms with van der Waals surface area (Å²) in [5.74, 6) is 2.53. The number of benzene rings is 8. The van der Waals surface area contributed by atoms with Crippen molar-refractivity contribution in [2.45, 2.75) is 19.3 Å². The van der Waals surface area contributed by atoms with Crippen LogP contribution in [0.15, 0.2) is 205 Å². The Morgan fingerprint density at radius 3 is 1.52 bits per heavy atom. The van der Waals surface area contributed by atoms with Gasteiger partial charge in [-0.2, -0.15) is 0 Å². The Hall–Kier alpha value is -8.35. The molecule has 3 heterocycles. The Balaban J connectivity index is 0.939. The van der Waals surface area contributed by atoms with Crippen molar-refractivity contribution < 1.29 is 4.42 Å². The van der Waals surface area contributed by atoms with Gasteiger partial charge in [0.2, 0.25) is 0 Å². The number of hydrogen-bond donors (Lipinski definition) is 0. The normalized spacial score (nSPS) is 12.7. The van der Waals surface area contributed by atoms with Crippen molar-refractivity contribution in [2.24, 2.45) is 0 Å². The minimum atomic E-state index is -0.150. The maximum Gasteiger partial charge on any atom is 0.164 e. The molecule has 0 radical (unpaired) electrons. The van der Waals surface area contributed by atoms with Gasteiger partial charge in [0.1, 0.15) is 11.2 Å². The first-order chi connectivity index (χ1) is 31.4. The highest BCUT2D eigenvalue weighted by molar-refractivity contribution is 6.05. The van der Waals surface area contributed by atoms with E-state index in [-0.39, 0.29) is 5.41 Å². The van der Waals surface area contributed by atoms with Gasteiger partial charge in [-0.25, -0.2) is 24.9 Å². The second kappa shape index (κ2) is 14.9. The van der Waals surface area contributed by atoms with E-state index in [1.165, 1.54) is 22.3 Å². The summed E-state index contributed by atoms with van der Waals surface area (Å²) in [6, 6.07) is 69.1. The molecule has 0 saturated carbocycles. The van der Waals surface area contributed by atoms with Gasteiger partial charge in [0, 0.05) is 49.6 Å². The Kier molecular flexibility index (Phi) is 8.73. The van der Waals surface area contributed by atoms with Crippen molar-refractivity contribution in [3.63, 3.8) is 0 Å². The Morgan fingerprint density at radius 1 is 0.312 bits per heavy atom. The summed E-state index contributed by atoms with van der Waals surface area (Å²) < 4.78 is 6.29. The van der Waals surface area contributed by atoms with E-state index in [0.29, 0.717) is 23.3 Å².